The number of benzene rings is 2. The summed E-state index contributed by atoms with van der Waals surface area (Å²) in [7, 11) is 0. The van der Waals surface area contributed by atoms with E-state index in [0.717, 1.165) is 36.5 Å². The molecule has 0 atom stereocenters. The Bertz CT molecular complexity index is 857. The van der Waals surface area contributed by atoms with E-state index >= 15 is 0 Å². The van der Waals surface area contributed by atoms with Gasteiger partial charge in [0.15, 0.2) is 0 Å². The van der Waals surface area contributed by atoms with Crippen LogP contribution in [0.5, 0.6) is 5.75 Å². The summed E-state index contributed by atoms with van der Waals surface area (Å²) in [6.45, 7) is 0. The standard InChI is InChI=1S/C14H8Cl2F3N3O3/c15-9-3-7(13(23)12(5-9)22(24)25)6-20-21-11-4-8(14(17,18)19)1-2-10(11)16/h1-6,21,23H/p-1/b20-6-. The molecule has 0 bridgehead atoms. The number of halogens is 5. The van der Waals surface area contributed by atoms with Gasteiger partial charge in [0.05, 0.1) is 27.4 Å². The van der Waals surface area contributed by atoms with E-state index in [-0.39, 0.29) is 21.3 Å². The number of anilines is 1. The van der Waals surface area contributed by atoms with Crippen molar-refractivity contribution in [2.24, 2.45) is 5.10 Å². The Hall–Kier alpha value is -2.52. The minimum atomic E-state index is -4.57. The van der Waals surface area contributed by atoms with E-state index in [1.165, 1.54) is 0 Å². The molecule has 0 radical (unpaired) electrons. The second-order valence-electron chi connectivity index (χ2n) is 4.66. The van der Waals surface area contributed by atoms with Gasteiger partial charge in [-0.15, -0.1) is 0 Å². The van der Waals surface area contributed by atoms with E-state index in [0.29, 0.717) is 0 Å². The summed E-state index contributed by atoms with van der Waals surface area (Å²) < 4.78 is 38.0. The summed E-state index contributed by atoms with van der Waals surface area (Å²) in [5.41, 5.74) is 0.195. The molecule has 0 fully saturated rings. The molecule has 2 rings (SSSR count). The van der Waals surface area contributed by atoms with Crippen LogP contribution in [0.2, 0.25) is 10.0 Å². The van der Waals surface area contributed by atoms with Crippen molar-refractivity contribution in [2.75, 3.05) is 5.43 Å². The normalized spacial score (nSPS) is 11.7. The van der Waals surface area contributed by atoms with Crippen molar-refractivity contribution in [2.45, 2.75) is 6.18 Å². The van der Waals surface area contributed by atoms with Crippen molar-refractivity contribution in [1.29, 1.82) is 0 Å². The molecule has 0 saturated heterocycles. The van der Waals surface area contributed by atoms with Gasteiger partial charge in [-0.3, -0.25) is 15.5 Å². The maximum Gasteiger partial charge on any atom is 0.416 e. The first-order valence-corrected chi connectivity index (χ1v) is 7.16. The highest BCUT2D eigenvalue weighted by atomic mass is 35.5. The van der Waals surface area contributed by atoms with Gasteiger partial charge in [-0.2, -0.15) is 18.3 Å². The Morgan fingerprint density at radius 2 is 1.88 bits per heavy atom. The van der Waals surface area contributed by atoms with E-state index in [1.807, 2.05) is 0 Å². The zero-order valence-corrected chi connectivity index (χ0v) is 13.5. The highest BCUT2D eigenvalue weighted by Crippen LogP contribution is 2.34. The number of hydrogen-bond donors (Lipinski definition) is 1. The number of hydrazone groups is 1. The second-order valence-corrected chi connectivity index (χ2v) is 5.51. The van der Waals surface area contributed by atoms with E-state index < -0.39 is 28.1 Å². The van der Waals surface area contributed by atoms with E-state index in [2.05, 4.69) is 10.5 Å². The summed E-state index contributed by atoms with van der Waals surface area (Å²) in [4.78, 5) is 9.86. The molecule has 6 nitrogen and oxygen atoms in total. The van der Waals surface area contributed by atoms with Crippen molar-refractivity contribution in [3.05, 3.63) is 61.6 Å². The molecule has 0 saturated carbocycles. The maximum absolute atomic E-state index is 12.7. The van der Waals surface area contributed by atoms with Crippen LogP contribution < -0.4 is 10.5 Å². The van der Waals surface area contributed by atoms with Crippen LogP contribution in [0.3, 0.4) is 0 Å². The molecule has 0 aromatic heterocycles. The third kappa shape index (κ3) is 4.52. The third-order valence-electron chi connectivity index (χ3n) is 2.94. The van der Waals surface area contributed by atoms with Crippen molar-refractivity contribution >= 4 is 40.8 Å². The Morgan fingerprint density at radius 1 is 1.20 bits per heavy atom. The highest BCUT2D eigenvalue weighted by molar-refractivity contribution is 6.33. The van der Waals surface area contributed by atoms with Crippen LogP contribution in [-0.2, 0) is 6.18 Å². The smallest absolute Gasteiger partial charge is 0.416 e. The minimum Gasteiger partial charge on any atom is -0.867 e. The van der Waals surface area contributed by atoms with Crippen molar-refractivity contribution in [3.8, 4) is 5.75 Å². The molecule has 0 spiro atoms. The lowest BCUT2D eigenvalue weighted by Gasteiger charge is -2.12. The van der Waals surface area contributed by atoms with Gasteiger partial charge in [0.25, 0.3) is 5.69 Å². The Labute approximate surface area is 148 Å². The number of nitrogens with one attached hydrogen (secondary N) is 1. The highest BCUT2D eigenvalue weighted by Gasteiger charge is 2.30. The van der Waals surface area contributed by atoms with E-state index in [4.69, 9.17) is 23.2 Å². The van der Waals surface area contributed by atoms with Crippen LogP contribution in [0.25, 0.3) is 0 Å². The Kier molecular flexibility index (Phi) is 5.39. The van der Waals surface area contributed by atoms with Gasteiger partial charge in [0.1, 0.15) is 0 Å². The average Bonchev–Trinajstić information content (AvgIpc) is 2.50. The first-order valence-electron chi connectivity index (χ1n) is 6.40. The predicted molar refractivity (Wildman–Crippen MR) is 85.2 cm³/mol. The molecule has 0 aliphatic heterocycles. The molecule has 1 N–H and O–H groups in total. The predicted octanol–water partition coefficient (Wildman–Crippen LogP) is 4.44. The molecular formula is C14H7Cl2F3N3O3-. The lowest BCUT2D eigenvalue weighted by Crippen LogP contribution is -2.06. The van der Waals surface area contributed by atoms with Crippen molar-refractivity contribution in [3.63, 3.8) is 0 Å². The summed E-state index contributed by atoms with van der Waals surface area (Å²) in [5.74, 6) is -0.935. The summed E-state index contributed by atoms with van der Waals surface area (Å²) in [6, 6.07) is 4.59. The number of nitro benzene ring substituents is 1. The minimum absolute atomic E-state index is 0.0374. The van der Waals surface area contributed by atoms with Crippen molar-refractivity contribution < 1.29 is 23.2 Å². The maximum atomic E-state index is 12.7. The molecule has 0 aliphatic carbocycles. The lowest BCUT2D eigenvalue weighted by atomic mass is 10.2. The molecule has 132 valence electrons. The first kappa shape index (κ1) is 18.8. The molecular weight excluding hydrogens is 386 g/mol. The molecule has 2 aromatic carbocycles. The Morgan fingerprint density at radius 3 is 2.48 bits per heavy atom. The molecule has 0 amide bonds. The first-order chi connectivity index (χ1) is 11.6. The van der Waals surface area contributed by atoms with Crippen molar-refractivity contribution in [1.82, 2.24) is 0 Å². The largest absolute Gasteiger partial charge is 0.867 e. The van der Waals surface area contributed by atoms with Gasteiger partial charge < -0.3 is 5.11 Å². The van der Waals surface area contributed by atoms with Gasteiger partial charge in [0.2, 0.25) is 0 Å². The van der Waals surface area contributed by atoms with E-state index in [1.54, 1.807) is 0 Å². The monoisotopic (exact) mass is 392 g/mol. The molecule has 11 heteroatoms. The van der Waals surface area contributed by atoms with Crippen LogP contribution in [0.1, 0.15) is 11.1 Å². The zero-order chi connectivity index (χ0) is 18.8. The van der Waals surface area contributed by atoms with Crippen LogP contribution in [-0.4, -0.2) is 11.1 Å². The number of rotatable bonds is 4. The quantitative estimate of drug-likeness (QED) is 0.473. The van der Waals surface area contributed by atoms with Gasteiger partial charge in [-0.1, -0.05) is 23.2 Å². The Balaban J connectivity index is 2.29. The fourth-order valence-electron chi connectivity index (χ4n) is 1.79. The number of nitro groups is 1. The van der Waals surface area contributed by atoms with Crippen LogP contribution in [0, 0.1) is 10.1 Å². The molecule has 0 heterocycles. The van der Waals surface area contributed by atoms with Crippen LogP contribution in [0.4, 0.5) is 24.5 Å². The molecule has 0 aliphatic rings. The summed E-state index contributed by atoms with van der Waals surface area (Å²) in [6.07, 6.45) is -3.67. The summed E-state index contributed by atoms with van der Waals surface area (Å²) >= 11 is 11.5. The lowest BCUT2D eigenvalue weighted by molar-refractivity contribution is -0.398. The van der Waals surface area contributed by atoms with Gasteiger partial charge in [-0.05, 0) is 35.6 Å². The number of alkyl halides is 3. The second kappa shape index (κ2) is 7.16. The fourth-order valence-corrected chi connectivity index (χ4v) is 2.17. The zero-order valence-electron chi connectivity index (χ0n) is 12.0. The molecule has 25 heavy (non-hydrogen) atoms. The van der Waals surface area contributed by atoms with Gasteiger partial charge in [-0.25, -0.2) is 0 Å². The third-order valence-corrected chi connectivity index (χ3v) is 3.49. The van der Waals surface area contributed by atoms with Crippen LogP contribution in [0.15, 0.2) is 35.4 Å². The average molecular weight is 393 g/mol. The SMILES string of the molecule is O=[N+]([O-])c1cc(Cl)cc(/C=N\Nc2cc(C(F)(F)F)ccc2Cl)c1[O-]. The van der Waals surface area contributed by atoms with E-state index in [9.17, 15) is 28.4 Å². The molecule has 2 aromatic rings. The number of hydrogen-bond acceptors (Lipinski definition) is 5. The summed E-state index contributed by atoms with van der Waals surface area (Å²) in [5, 5.41) is 26.1. The molecule has 0 unspecified atom stereocenters. The fraction of sp³-hybridized carbons (Fsp3) is 0.0714. The van der Waals surface area contributed by atoms with Crippen LogP contribution >= 0.6 is 23.2 Å². The topological polar surface area (TPSA) is 90.6 Å². The van der Waals surface area contributed by atoms with Gasteiger partial charge in [0, 0.05) is 11.1 Å². The number of nitrogens with zero attached hydrogens (tertiary/aromatic N) is 2. The van der Waals surface area contributed by atoms with Gasteiger partial charge >= 0.3 is 6.18 Å².